The van der Waals surface area contributed by atoms with Crippen LogP contribution in [-0.2, 0) is 24.9 Å². The number of rotatable bonds is 7. The van der Waals surface area contributed by atoms with Crippen molar-refractivity contribution in [3.05, 3.63) is 24.0 Å². The summed E-state index contributed by atoms with van der Waals surface area (Å²) in [6, 6.07) is 1.86. The Balaban J connectivity index is 2.11. The molecule has 0 aromatic carbocycles. The standard InChI is InChI=1S/C12H19N7O/c1-4-13-9-5-10(17-11(16-9)7-20-3)14-6-12-18-15-8-19(12)2/h5,8H,4,6-7H2,1-3H3,(H2,13,14,16,17). The van der Waals surface area contributed by atoms with Gasteiger partial charge in [0.2, 0.25) is 0 Å². The van der Waals surface area contributed by atoms with Gasteiger partial charge in [-0.05, 0) is 6.92 Å². The predicted molar refractivity (Wildman–Crippen MR) is 75.2 cm³/mol. The second kappa shape index (κ2) is 6.80. The number of nitrogens with zero attached hydrogens (tertiary/aromatic N) is 5. The van der Waals surface area contributed by atoms with Gasteiger partial charge in [-0.15, -0.1) is 10.2 Å². The number of methoxy groups -OCH3 is 1. The van der Waals surface area contributed by atoms with Crippen LogP contribution in [0, 0.1) is 0 Å². The minimum atomic E-state index is 0.373. The Morgan fingerprint density at radius 2 is 2.00 bits per heavy atom. The number of aromatic nitrogens is 5. The largest absolute Gasteiger partial charge is 0.377 e. The van der Waals surface area contributed by atoms with Crippen LogP contribution in [0.3, 0.4) is 0 Å². The van der Waals surface area contributed by atoms with E-state index < -0.39 is 0 Å². The molecule has 0 aliphatic rings. The van der Waals surface area contributed by atoms with Crippen LogP contribution in [0.15, 0.2) is 12.4 Å². The third-order valence-corrected chi connectivity index (χ3v) is 2.64. The second-order valence-electron chi connectivity index (χ2n) is 4.23. The van der Waals surface area contributed by atoms with Crippen molar-refractivity contribution in [2.45, 2.75) is 20.1 Å². The van der Waals surface area contributed by atoms with E-state index in [9.17, 15) is 0 Å². The van der Waals surface area contributed by atoms with Gasteiger partial charge in [-0.1, -0.05) is 0 Å². The Morgan fingerprint density at radius 3 is 2.60 bits per heavy atom. The van der Waals surface area contributed by atoms with Crippen LogP contribution in [0.1, 0.15) is 18.6 Å². The van der Waals surface area contributed by atoms with Gasteiger partial charge in [-0.25, -0.2) is 9.97 Å². The van der Waals surface area contributed by atoms with Crippen molar-refractivity contribution in [1.82, 2.24) is 24.7 Å². The van der Waals surface area contributed by atoms with E-state index in [2.05, 4.69) is 30.8 Å². The van der Waals surface area contributed by atoms with Crippen LogP contribution in [0.5, 0.6) is 0 Å². The molecule has 2 rings (SSSR count). The summed E-state index contributed by atoms with van der Waals surface area (Å²) in [7, 11) is 3.52. The molecule has 8 heteroatoms. The summed E-state index contributed by atoms with van der Waals surface area (Å²) < 4.78 is 6.94. The van der Waals surface area contributed by atoms with Gasteiger partial charge in [0.05, 0.1) is 6.54 Å². The van der Waals surface area contributed by atoms with Gasteiger partial charge in [0.1, 0.15) is 24.6 Å². The van der Waals surface area contributed by atoms with Crippen molar-refractivity contribution >= 4 is 11.6 Å². The Kier molecular flexibility index (Phi) is 4.83. The summed E-state index contributed by atoms with van der Waals surface area (Å²) in [4.78, 5) is 8.74. The maximum absolute atomic E-state index is 5.08. The van der Waals surface area contributed by atoms with Crippen molar-refractivity contribution in [1.29, 1.82) is 0 Å². The highest BCUT2D eigenvalue weighted by atomic mass is 16.5. The van der Waals surface area contributed by atoms with E-state index in [4.69, 9.17) is 4.74 Å². The van der Waals surface area contributed by atoms with E-state index in [1.165, 1.54) is 0 Å². The van der Waals surface area contributed by atoms with Crippen LogP contribution in [0.25, 0.3) is 0 Å². The SMILES string of the molecule is CCNc1cc(NCc2nncn2C)nc(COC)n1. The van der Waals surface area contributed by atoms with Gasteiger partial charge in [0.15, 0.2) is 11.6 Å². The number of anilines is 2. The maximum atomic E-state index is 5.08. The van der Waals surface area contributed by atoms with E-state index in [0.717, 1.165) is 24.0 Å². The number of nitrogens with one attached hydrogen (secondary N) is 2. The fourth-order valence-corrected chi connectivity index (χ4v) is 1.69. The van der Waals surface area contributed by atoms with E-state index in [1.54, 1.807) is 13.4 Å². The summed E-state index contributed by atoms with van der Waals surface area (Å²) in [5.74, 6) is 2.97. The molecule has 0 aliphatic heterocycles. The smallest absolute Gasteiger partial charge is 0.158 e. The highest BCUT2D eigenvalue weighted by Crippen LogP contribution is 2.12. The monoisotopic (exact) mass is 277 g/mol. The molecule has 2 heterocycles. The van der Waals surface area contributed by atoms with E-state index >= 15 is 0 Å². The first-order chi connectivity index (χ1) is 9.72. The van der Waals surface area contributed by atoms with Crippen molar-refractivity contribution in [3.8, 4) is 0 Å². The van der Waals surface area contributed by atoms with Crippen LogP contribution in [-0.4, -0.2) is 38.4 Å². The third-order valence-electron chi connectivity index (χ3n) is 2.64. The first kappa shape index (κ1) is 14.2. The number of hydrogen-bond acceptors (Lipinski definition) is 7. The highest BCUT2D eigenvalue weighted by Gasteiger charge is 2.06. The molecule has 0 unspecified atom stereocenters. The van der Waals surface area contributed by atoms with Gasteiger partial charge in [0.25, 0.3) is 0 Å². The summed E-state index contributed by atoms with van der Waals surface area (Å²) in [5.41, 5.74) is 0. The van der Waals surface area contributed by atoms with Crippen molar-refractivity contribution in [3.63, 3.8) is 0 Å². The molecular formula is C12H19N7O. The van der Waals surface area contributed by atoms with Crippen molar-refractivity contribution < 1.29 is 4.74 Å². The Hall–Kier alpha value is -2.22. The zero-order valence-corrected chi connectivity index (χ0v) is 11.9. The lowest BCUT2D eigenvalue weighted by atomic mass is 10.4. The molecule has 20 heavy (non-hydrogen) atoms. The quantitative estimate of drug-likeness (QED) is 0.773. The fourth-order valence-electron chi connectivity index (χ4n) is 1.69. The topological polar surface area (TPSA) is 89.8 Å². The lowest BCUT2D eigenvalue weighted by Gasteiger charge is -2.10. The van der Waals surface area contributed by atoms with Crippen LogP contribution >= 0.6 is 0 Å². The first-order valence-electron chi connectivity index (χ1n) is 6.40. The zero-order valence-electron chi connectivity index (χ0n) is 11.9. The minimum Gasteiger partial charge on any atom is -0.377 e. The normalized spacial score (nSPS) is 10.6. The predicted octanol–water partition coefficient (Wildman–Crippen LogP) is 0.795. The van der Waals surface area contributed by atoms with Crippen LogP contribution in [0.4, 0.5) is 11.6 Å². The molecule has 0 saturated carbocycles. The Labute approximate surface area is 117 Å². The van der Waals surface area contributed by atoms with E-state index in [0.29, 0.717) is 19.0 Å². The maximum Gasteiger partial charge on any atom is 0.158 e. The molecule has 108 valence electrons. The van der Waals surface area contributed by atoms with Gasteiger partial charge in [-0.2, -0.15) is 0 Å². The summed E-state index contributed by atoms with van der Waals surface area (Å²) in [6.45, 7) is 3.74. The molecule has 0 spiro atoms. The van der Waals surface area contributed by atoms with Gasteiger partial charge in [-0.3, -0.25) is 0 Å². The van der Waals surface area contributed by atoms with Gasteiger partial charge < -0.3 is 19.9 Å². The number of hydrogen-bond donors (Lipinski definition) is 2. The molecule has 0 bridgehead atoms. The van der Waals surface area contributed by atoms with Crippen molar-refractivity contribution in [2.24, 2.45) is 7.05 Å². The molecule has 0 saturated heterocycles. The molecule has 8 nitrogen and oxygen atoms in total. The zero-order chi connectivity index (χ0) is 14.4. The molecule has 0 amide bonds. The molecule has 0 aliphatic carbocycles. The summed E-state index contributed by atoms with van der Waals surface area (Å²) >= 11 is 0. The average Bonchev–Trinajstić information content (AvgIpc) is 2.83. The molecular weight excluding hydrogens is 258 g/mol. The van der Waals surface area contributed by atoms with Crippen molar-refractivity contribution in [2.75, 3.05) is 24.3 Å². The van der Waals surface area contributed by atoms with Crippen LogP contribution in [0.2, 0.25) is 0 Å². The molecule has 0 atom stereocenters. The highest BCUT2D eigenvalue weighted by molar-refractivity contribution is 5.47. The van der Waals surface area contributed by atoms with E-state index in [1.807, 2.05) is 24.6 Å². The average molecular weight is 277 g/mol. The Bertz CT molecular complexity index is 530. The second-order valence-corrected chi connectivity index (χ2v) is 4.23. The molecule has 2 N–H and O–H groups in total. The van der Waals surface area contributed by atoms with E-state index in [-0.39, 0.29) is 0 Å². The molecule has 2 aromatic rings. The van der Waals surface area contributed by atoms with Gasteiger partial charge in [0, 0.05) is 26.8 Å². The minimum absolute atomic E-state index is 0.373. The van der Waals surface area contributed by atoms with Gasteiger partial charge >= 0.3 is 0 Å². The lowest BCUT2D eigenvalue weighted by Crippen LogP contribution is -2.10. The van der Waals surface area contributed by atoms with Crippen LogP contribution < -0.4 is 10.6 Å². The first-order valence-corrected chi connectivity index (χ1v) is 6.40. The third kappa shape index (κ3) is 3.64. The molecule has 0 radical (unpaired) electrons. The molecule has 0 fully saturated rings. The molecule has 2 aromatic heterocycles. The summed E-state index contributed by atoms with van der Waals surface area (Å²) in [6.07, 6.45) is 1.66. The Morgan fingerprint density at radius 1 is 1.25 bits per heavy atom. The summed E-state index contributed by atoms with van der Waals surface area (Å²) in [5, 5.41) is 14.2. The number of ether oxygens (including phenoxy) is 1. The number of aryl methyl sites for hydroxylation is 1. The lowest BCUT2D eigenvalue weighted by molar-refractivity contribution is 0.178. The fraction of sp³-hybridized carbons (Fsp3) is 0.500.